The summed E-state index contributed by atoms with van der Waals surface area (Å²) in [6.45, 7) is -1.04. The summed E-state index contributed by atoms with van der Waals surface area (Å²) >= 11 is 0. The van der Waals surface area contributed by atoms with E-state index in [0.29, 0.717) is 0 Å². The minimum absolute atomic E-state index is 1.04. The molecule has 0 heterocycles. The molecule has 0 rings (SSSR count). The van der Waals surface area contributed by atoms with Crippen LogP contribution in [0.25, 0.3) is 0 Å². The fraction of sp³-hybridized carbons (Fsp3) is 0.667. The maximum absolute atomic E-state index is 10.5. The summed E-state index contributed by atoms with van der Waals surface area (Å²) in [5.41, 5.74) is 0. The lowest BCUT2D eigenvalue weighted by Gasteiger charge is -2.17. The van der Waals surface area contributed by atoms with Gasteiger partial charge in [0.2, 0.25) is 0 Å². The van der Waals surface area contributed by atoms with Crippen LogP contribution >= 0.6 is 0 Å². The SMILES string of the molecule is O=C(O)[C@@H](O)[C@H](O)[C@H](O)C(=O)CO. The van der Waals surface area contributed by atoms with Gasteiger partial charge in [0.25, 0.3) is 0 Å². The molecular formula is C6H10O7. The highest BCUT2D eigenvalue weighted by Gasteiger charge is 2.33. The number of hydrogen-bond donors (Lipinski definition) is 5. The number of aliphatic carboxylic acids is 1. The Bertz CT molecular complexity index is 201. The van der Waals surface area contributed by atoms with Crippen molar-refractivity contribution in [3.8, 4) is 0 Å². The smallest absolute Gasteiger partial charge is 0.335 e. The zero-order valence-electron chi connectivity index (χ0n) is 6.49. The fourth-order valence-corrected chi connectivity index (χ4v) is 0.603. The van der Waals surface area contributed by atoms with E-state index in [4.69, 9.17) is 25.5 Å². The molecule has 76 valence electrons. The molecule has 13 heavy (non-hydrogen) atoms. The monoisotopic (exact) mass is 194 g/mol. The topological polar surface area (TPSA) is 135 Å². The second-order valence-corrected chi connectivity index (χ2v) is 2.34. The first-order valence-corrected chi connectivity index (χ1v) is 3.32. The van der Waals surface area contributed by atoms with E-state index in [1.54, 1.807) is 0 Å². The van der Waals surface area contributed by atoms with Crippen LogP contribution in [0.5, 0.6) is 0 Å². The standard InChI is InChI=1S/C6H10O7/c7-1-2(8)3(9)4(10)5(11)6(12)13/h3-5,7,9-11H,1H2,(H,12,13)/t3-,4-,5+/m1/s1. The van der Waals surface area contributed by atoms with Gasteiger partial charge in [-0.15, -0.1) is 0 Å². The molecule has 0 amide bonds. The summed E-state index contributed by atoms with van der Waals surface area (Å²) in [4.78, 5) is 20.6. The maximum Gasteiger partial charge on any atom is 0.335 e. The number of aliphatic hydroxyl groups is 4. The average Bonchev–Trinajstić information content (AvgIpc) is 2.12. The lowest BCUT2D eigenvalue weighted by molar-refractivity contribution is -0.161. The minimum Gasteiger partial charge on any atom is -0.479 e. The Hall–Kier alpha value is -1.02. The summed E-state index contributed by atoms with van der Waals surface area (Å²) in [5.74, 6) is -2.93. The summed E-state index contributed by atoms with van der Waals surface area (Å²) in [6, 6.07) is 0. The Morgan fingerprint density at radius 2 is 1.54 bits per heavy atom. The molecule has 0 aromatic carbocycles. The molecule has 0 aliphatic heterocycles. The van der Waals surface area contributed by atoms with Gasteiger partial charge in [-0.1, -0.05) is 0 Å². The van der Waals surface area contributed by atoms with E-state index in [2.05, 4.69) is 0 Å². The first-order valence-electron chi connectivity index (χ1n) is 3.32. The molecule has 0 saturated carbocycles. The first-order chi connectivity index (χ1) is 5.91. The van der Waals surface area contributed by atoms with Crippen LogP contribution in [0.15, 0.2) is 0 Å². The lowest BCUT2D eigenvalue weighted by atomic mass is 10.1. The fourth-order valence-electron chi connectivity index (χ4n) is 0.603. The van der Waals surface area contributed by atoms with E-state index >= 15 is 0 Å². The van der Waals surface area contributed by atoms with Gasteiger partial charge in [-0.3, -0.25) is 4.79 Å². The van der Waals surface area contributed by atoms with Crippen molar-refractivity contribution < 1.29 is 35.1 Å². The molecule has 0 fully saturated rings. The van der Waals surface area contributed by atoms with E-state index in [1.807, 2.05) is 0 Å². The van der Waals surface area contributed by atoms with Gasteiger partial charge in [-0.25, -0.2) is 4.79 Å². The third kappa shape index (κ3) is 3.07. The number of aliphatic hydroxyl groups excluding tert-OH is 4. The van der Waals surface area contributed by atoms with Crippen molar-refractivity contribution in [2.45, 2.75) is 18.3 Å². The highest BCUT2D eigenvalue weighted by Crippen LogP contribution is 2.01. The van der Waals surface area contributed by atoms with Crippen molar-refractivity contribution in [2.75, 3.05) is 6.61 Å². The van der Waals surface area contributed by atoms with Gasteiger partial charge < -0.3 is 25.5 Å². The quantitative estimate of drug-likeness (QED) is 0.309. The first kappa shape index (κ1) is 12.0. The Morgan fingerprint density at radius 1 is 1.08 bits per heavy atom. The van der Waals surface area contributed by atoms with Crippen molar-refractivity contribution in [2.24, 2.45) is 0 Å². The molecule has 7 heteroatoms. The molecule has 3 atom stereocenters. The third-order valence-corrected chi connectivity index (χ3v) is 1.39. The molecule has 7 nitrogen and oxygen atoms in total. The molecule has 0 aliphatic carbocycles. The van der Waals surface area contributed by atoms with E-state index in [0.717, 1.165) is 0 Å². The van der Waals surface area contributed by atoms with Crippen molar-refractivity contribution in [1.29, 1.82) is 0 Å². The molecule has 5 N–H and O–H groups in total. The van der Waals surface area contributed by atoms with E-state index in [1.165, 1.54) is 0 Å². The molecule has 0 saturated heterocycles. The highest BCUT2D eigenvalue weighted by molar-refractivity contribution is 5.85. The number of hydrogen-bond acceptors (Lipinski definition) is 6. The third-order valence-electron chi connectivity index (χ3n) is 1.39. The van der Waals surface area contributed by atoms with E-state index < -0.39 is 36.7 Å². The van der Waals surface area contributed by atoms with Crippen LogP contribution in [-0.4, -0.2) is 62.2 Å². The number of carbonyl (C=O) groups is 2. The van der Waals surface area contributed by atoms with Gasteiger partial charge in [-0.05, 0) is 0 Å². The number of rotatable bonds is 5. The molecular weight excluding hydrogens is 184 g/mol. The van der Waals surface area contributed by atoms with Gasteiger partial charge in [0.05, 0.1) is 0 Å². The summed E-state index contributed by atoms with van der Waals surface area (Å²) in [5, 5.41) is 42.7. The number of Topliss-reactive ketones (excluding diaryl/α,β-unsaturated/α-hetero) is 1. The van der Waals surface area contributed by atoms with Gasteiger partial charge in [-0.2, -0.15) is 0 Å². The van der Waals surface area contributed by atoms with Crippen molar-refractivity contribution in [3.63, 3.8) is 0 Å². The van der Waals surface area contributed by atoms with Crippen LogP contribution in [-0.2, 0) is 9.59 Å². The summed E-state index contributed by atoms with van der Waals surface area (Å²) in [7, 11) is 0. The van der Waals surface area contributed by atoms with Gasteiger partial charge >= 0.3 is 5.97 Å². The number of carboxylic acid groups (broad SMARTS) is 1. The van der Waals surface area contributed by atoms with Gasteiger partial charge in [0, 0.05) is 0 Å². The second-order valence-electron chi connectivity index (χ2n) is 2.34. The van der Waals surface area contributed by atoms with Gasteiger partial charge in [0.1, 0.15) is 18.8 Å². The Kier molecular flexibility index (Phi) is 4.49. The molecule has 0 bridgehead atoms. The highest BCUT2D eigenvalue weighted by atomic mass is 16.4. The molecule has 0 aromatic heterocycles. The van der Waals surface area contributed by atoms with Crippen LogP contribution in [0.2, 0.25) is 0 Å². The zero-order valence-corrected chi connectivity index (χ0v) is 6.49. The van der Waals surface area contributed by atoms with Crippen LogP contribution in [0, 0.1) is 0 Å². The normalized spacial score (nSPS) is 17.5. The Labute approximate surface area is 72.9 Å². The summed E-state index contributed by atoms with van der Waals surface area (Å²) < 4.78 is 0. The molecule has 0 aliphatic rings. The van der Waals surface area contributed by atoms with Crippen LogP contribution in [0.4, 0.5) is 0 Å². The van der Waals surface area contributed by atoms with Crippen LogP contribution < -0.4 is 0 Å². The Morgan fingerprint density at radius 3 is 1.85 bits per heavy atom. The van der Waals surface area contributed by atoms with Crippen molar-refractivity contribution >= 4 is 11.8 Å². The van der Waals surface area contributed by atoms with E-state index in [9.17, 15) is 9.59 Å². The predicted molar refractivity (Wildman–Crippen MR) is 37.7 cm³/mol. The number of ketones is 1. The zero-order chi connectivity index (χ0) is 10.6. The molecule has 0 aromatic rings. The average molecular weight is 194 g/mol. The molecule has 0 unspecified atom stereocenters. The van der Waals surface area contributed by atoms with Crippen LogP contribution in [0.1, 0.15) is 0 Å². The predicted octanol–water partition coefficient (Wildman–Crippen LogP) is -3.28. The van der Waals surface area contributed by atoms with Gasteiger partial charge in [0.15, 0.2) is 11.9 Å². The summed E-state index contributed by atoms with van der Waals surface area (Å²) in [6.07, 6.45) is -6.50. The van der Waals surface area contributed by atoms with Crippen molar-refractivity contribution in [3.05, 3.63) is 0 Å². The Balaban J connectivity index is 4.32. The largest absolute Gasteiger partial charge is 0.479 e. The maximum atomic E-state index is 10.5. The molecule has 0 radical (unpaired) electrons. The molecule has 0 spiro atoms. The number of carboxylic acids is 1. The van der Waals surface area contributed by atoms with Crippen LogP contribution in [0.3, 0.4) is 0 Å². The number of carbonyl (C=O) groups excluding carboxylic acids is 1. The van der Waals surface area contributed by atoms with Crippen molar-refractivity contribution in [1.82, 2.24) is 0 Å². The second kappa shape index (κ2) is 4.87. The minimum atomic E-state index is -2.26. The lowest BCUT2D eigenvalue weighted by Crippen LogP contribution is -2.46. The van der Waals surface area contributed by atoms with E-state index in [-0.39, 0.29) is 0 Å².